The summed E-state index contributed by atoms with van der Waals surface area (Å²) < 4.78 is 17.4. The normalized spacial score (nSPS) is 20.2. The van der Waals surface area contributed by atoms with Crippen LogP contribution in [0.25, 0.3) is 10.6 Å². The molecule has 3 aliphatic heterocycles. The Morgan fingerprint density at radius 3 is 2.77 bits per heavy atom. The van der Waals surface area contributed by atoms with Gasteiger partial charge in [0.15, 0.2) is 5.88 Å². The Hall–Kier alpha value is -3.05. The molecule has 2 bridgehead atoms. The Kier molecular flexibility index (Phi) is 5.16. The predicted molar refractivity (Wildman–Crippen MR) is 112 cm³/mol. The van der Waals surface area contributed by atoms with Gasteiger partial charge in [0.2, 0.25) is 0 Å². The Bertz CT molecular complexity index is 1050. The molecule has 0 saturated carbocycles. The van der Waals surface area contributed by atoms with Gasteiger partial charge in [-0.3, -0.25) is 0 Å². The summed E-state index contributed by atoms with van der Waals surface area (Å²) in [5, 5.41) is 10.3. The smallest absolute Gasteiger partial charge is 0.417 e. The van der Waals surface area contributed by atoms with E-state index in [9.17, 15) is 10.1 Å². The summed E-state index contributed by atoms with van der Waals surface area (Å²) in [6.07, 6.45) is 2.93. The minimum absolute atomic E-state index is 0.0358. The van der Waals surface area contributed by atoms with Gasteiger partial charge in [-0.2, -0.15) is 5.26 Å². The molecular formula is C22H23N3O4S. The number of hydrogen-bond acceptors (Lipinski definition) is 7. The van der Waals surface area contributed by atoms with Gasteiger partial charge in [-0.15, -0.1) is 11.3 Å². The molecule has 156 valence electrons. The summed E-state index contributed by atoms with van der Waals surface area (Å²) >= 11 is 1.57. The third-order valence-corrected chi connectivity index (χ3v) is 5.65. The van der Waals surface area contributed by atoms with E-state index in [0.29, 0.717) is 30.3 Å². The summed E-state index contributed by atoms with van der Waals surface area (Å²) in [4.78, 5) is 19.5. The van der Waals surface area contributed by atoms with E-state index in [1.54, 1.807) is 23.5 Å². The number of carbonyl (C=O) groups is 1. The van der Waals surface area contributed by atoms with Crippen LogP contribution in [0, 0.1) is 24.2 Å². The second-order valence-corrected chi connectivity index (χ2v) is 9.62. The van der Waals surface area contributed by atoms with Crippen molar-refractivity contribution in [1.82, 2.24) is 9.88 Å². The third-order valence-electron chi connectivity index (χ3n) is 4.69. The first-order chi connectivity index (χ1) is 14.2. The lowest BCUT2D eigenvalue weighted by molar-refractivity contribution is -0.0481. The summed E-state index contributed by atoms with van der Waals surface area (Å²) in [6, 6.07) is 7.61. The van der Waals surface area contributed by atoms with Crippen LogP contribution < -0.4 is 4.74 Å². The average Bonchev–Trinajstić information content (AvgIpc) is 3.13. The van der Waals surface area contributed by atoms with Crippen molar-refractivity contribution in [3.63, 3.8) is 0 Å². The van der Waals surface area contributed by atoms with Crippen molar-refractivity contribution in [2.24, 2.45) is 5.92 Å². The van der Waals surface area contributed by atoms with E-state index in [1.807, 2.05) is 46.0 Å². The van der Waals surface area contributed by atoms with E-state index in [4.69, 9.17) is 14.2 Å². The lowest BCUT2D eigenvalue weighted by Crippen LogP contribution is -2.52. The fraction of sp³-hybridized carbons (Fsp3) is 0.409. The van der Waals surface area contributed by atoms with Crippen LogP contribution in [0.1, 0.15) is 31.2 Å². The van der Waals surface area contributed by atoms with Crippen LogP contribution in [0.4, 0.5) is 4.79 Å². The van der Waals surface area contributed by atoms with Gasteiger partial charge in [0, 0.05) is 29.3 Å². The number of thiazole rings is 1. The van der Waals surface area contributed by atoms with Crippen LogP contribution >= 0.6 is 11.3 Å². The number of rotatable bonds is 3. The van der Waals surface area contributed by atoms with E-state index in [-0.39, 0.29) is 12.0 Å². The molecule has 0 aliphatic carbocycles. The first kappa shape index (κ1) is 20.2. The molecule has 1 fully saturated rings. The maximum absolute atomic E-state index is 12.5. The number of amides is 1. The fourth-order valence-corrected chi connectivity index (χ4v) is 4.12. The molecule has 7 nitrogen and oxygen atoms in total. The Morgan fingerprint density at radius 2 is 2.17 bits per heavy atom. The minimum atomic E-state index is -0.577. The lowest BCUT2D eigenvalue weighted by Gasteiger charge is -2.42. The van der Waals surface area contributed by atoms with Crippen LogP contribution in [0.3, 0.4) is 0 Å². The third kappa shape index (κ3) is 4.26. The summed E-state index contributed by atoms with van der Waals surface area (Å²) in [5.74, 6) is 1.00. The monoisotopic (exact) mass is 425 g/mol. The zero-order valence-corrected chi connectivity index (χ0v) is 18.2. The molecule has 0 spiro atoms. The first-order valence-electron chi connectivity index (χ1n) is 9.71. The molecule has 3 aliphatic rings. The van der Waals surface area contributed by atoms with Crippen LogP contribution in [-0.4, -0.2) is 40.8 Å². The number of ether oxygens (including phenoxy) is 3. The SMILES string of the molecule is Cc1cnc(-c2cc(C#N)cc(OC3C=C4OCC3CN4C(=O)OC(C)(C)C)c2)s1. The second-order valence-electron chi connectivity index (χ2n) is 8.38. The molecule has 5 rings (SSSR count). The van der Waals surface area contributed by atoms with Gasteiger partial charge in [-0.1, -0.05) is 0 Å². The van der Waals surface area contributed by atoms with Crippen LogP contribution in [-0.2, 0) is 9.47 Å². The molecular weight excluding hydrogens is 402 g/mol. The van der Waals surface area contributed by atoms with E-state index in [2.05, 4.69) is 11.1 Å². The highest BCUT2D eigenvalue weighted by atomic mass is 32.1. The number of benzene rings is 1. The van der Waals surface area contributed by atoms with E-state index in [0.717, 1.165) is 15.4 Å². The van der Waals surface area contributed by atoms with Gasteiger partial charge in [0.05, 0.1) is 24.2 Å². The number of carbonyl (C=O) groups excluding carboxylic acids is 1. The van der Waals surface area contributed by atoms with Crippen LogP contribution in [0.15, 0.2) is 36.4 Å². The fourth-order valence-electron chi connectivity index (χ4n) is 3.37. The number of aromatic nitrogens is 1. The second kappa shape index (κ2) is 7.65. The average molecular weight is 426 g/mol. The molecule has 0 N–H and O–H groups in total. The van der Waals surface area contributed by atoms with Gasteiger partial charge >= 0.3 is 6.09 Å². The number of hydrogen-bond donors (Lipinski definition) is 0. The highest BCUT2D eigenvalue weighted by molar-refractivity contribution is 7.14. The van der Waals surface area contributed by atoms with Crippen molar-refractivity contribution in [3.05, 3.63) is 46.8 Å². The molecule has 2 unspecified atom stereocenters. The maximum Gasteiger partial charge on any atom is 0.417 e. The quantitative estimate of drug-likeness (QED) is 0.721. The first-order valence-corrected chi connectivity index (χ1v) is 10.5. The Labute approximate surface area is 179 Å². The van der Waals surface area contributed by atoms with Crippen molar-refractivity contribution < 1.29 is 19.0 Å². The van der Waals surface area contributed by atoms with Crippen molar-refractivity contribution in [2.45, 2.75) is 39.4 Å². The summed E-state index contributed by atoms with van der Waals surface area (Å²) in [5.41, 5.74) is 0.782. The van der Waals surface area contributed by atoms with Gasteiger partial charge < -0.3 is 14.2 Å². The molecule has 2 aromatic rings. The molecule has 1 aromatic carbocycles. The van der Waals surface area contributed by atoms with E-state index in [1.165, 1.54) is 4.90 Å². The zero-order valence-electron chi connectivity index (χ0n) is 17.3. The molecule has 8 heteroatoms. The lowest BCUT2D eigenvalue weighted by atomic mass is 9.96. The Morgan fingerprint density at radius 1 is 1.37 bits per heavy atom. The van der Waals surface area contributed by atoms with Crippen LogP contribution in [0.2, 0.25) is 0 Å². The molecule has 30 heavy (non-hydrogen) atoms. The van der Waals surface area contributed by atoms with Crippen molar-refractivity contribution >= 4 is 17.4 Å². The Balaban J connectivity index is 1.56. The topological polar surface area (TPSA) is 84.7 Å². The highest BCUT2D eigenvalue weighted by Crippen LogP contribution is 2.34. The molecule has 4 heterocycles. The summed E-state index contributed by atoms with van der Waals surface area (Å²) in [7, 11) is 0. The minimum Gasteiger partial charge on any atom is -0.486 e. The number of nitrogens with zero attached hydrogens (tertiary/aromatic N) is 3. The van der Waals surface area contributed by atoms with Crippen molar-refractivity contribution in [2.75, 3.05) is 13.2 Å². The van der Waals surface area contributed by atoms with Gasteiger partial charge in [-0.25, -0.2) is 14.7 Å². The van der Waals surface area contributed by atoms with Crippen molar-refractivity contribution in [1.29, 1.82) is 5.26 Å². The van der Waals surface area contributed by atoms with Gasteiger partial charge in [0.1, 0.15) is 22.5 Å². The molecule has 1 saturated heterocycles. The summed E-state index contributed by atoms with van der Waals surface area (Å²) in [6.45, 7) is 8.41. The molecule has 0 radical (unpaired) electrons. The van der Waals surface area contributed by atoms with E-state index >= 15 is 0 Å². The molecule has 1 amide bonds. The molecule has 1 aromatic heterocycles. The predicted octanol–water partition coefficient (Wildman–Crippen LogP) is 4.48. The highest BCUT2D eigenvalue weighted by Gasteiger charge is 2.41. The maximum atomic E-state index is 12.5. The standard InChI is InChI=1S/C22H23N3O4S/c1-13-10-24-20(30-13)15-5-14(9-23)6-17(7-15)28-18-8-19-25(11-16(18)12-27-19)21(26)29-22(2,3)4/h5-8,10,16,18H,11-12H2,1-4H3. The van der Waals surface area contributed by atoms with Gasteiger partial charge in [-0.05, 0) is 45.9 Å². The molecule has 2 atom stereocenters. The van der Waals surface area contributed by atoms with Crippen molar-refractivity contribution in [3.8, 4) is 22.4 Å². The number of aryl methyl sites for hydroxylation is 1. The van der Waals surface area contributed by atoms with E-state index < -0.39 is 11.7 Å². The largest absolute Gasteiger partial charge is 0.486 e. The zero-order chi connectivity index (χ0) is 21.5. The van der Waals surface area contributed by atoms with Gasteiger partial charge in [0.25, 0.3) is 0 Å². The number of fused-ring (bicyclic) bond motifs is 3. The van der Waals surface area contributed by atoms with Crippen LogP contribution in [0.5, 0.6) is 5.75 Å². The number of nitriles is 1.